The van der Waals surface area contributed by atoms with Gasteiger partial charge in [-0.05, 0) is 43.7 Å². The molecule has 1 heterocycles. The zero-order valence-electron chi connectivity index (χ0n) is 14.7. The smallest absolute Gasteiger partial charge is 0.306 e. The number of benzene rings is 1. The highest BCUT2D eigenvalue weighted by Gasteiger charge is 2.19. The van der Waals surface area contributed by atoms with Crippen LogP contribution in [0.4, 0.5) is 4.39 Å². The Morgan fingerprint density at radius 2 is 1.92 bits per heavy atom. The Balaban J connectivity index is 2.43. The number of hydrogen-bond donors (Lipinski definition) is 0. The van der Waals surface area contributed by atoms with Crippen LogP contribution in [0.2, 0.25) is 0 Å². The molecule has 0 aliphatic rings. The van der Waals surface area contributed by atoms with Crippen molar-refractivity contribution >= 4 is 23.5 Å². The molecule has 1 aromatic carbocycles. The predicted octanol–water partition coefficient (Wildman–Crippen LogP) is 2.93. The molecule has 0 radical (unpaired) electrons. The maximum Gasteiger partial charge on any atom is 0.306 e. The predicted molar refractivity (Wildman–Crippen MR) is 96.5 cm³/mol. The van der Waals surface area contributed by atoms with Gasteiger partial charge in [-0.3, -0.25) is 14.4 Å². The Bertz CT molecular complexity index is 878. The third-order valence-electron chi connectivity index (χ3n) is 3.54. The third kappa shape index (κ3) is 4.57. The number of halogens is 1. The Morgan fingerprint density at radius 1 is 1.27 bits per heavy atom. The molecule has 0 amide bonds. The average Bonchev–Trinajstić information content (AvgIpc) is 2.59. The molecule has 26 heavy (non-hydrogen) atoms. The first-order chi connectivity index (χ1) is 12.3. The van der Waals surface area contributed by atoms with Crippen molar-refractivity contribution in [2.24, 2.45) is 0 Å². The number of carbonyl (C=O) groups excluding carboxylic acids is 2. The molecule has 0 N–H and O–H groups in total. The molecule has 0 saturated carbocycles. The van der Waals surface area contributed by atoms with E-state index in [2.05, 4.69) is 5.10 Å². The van der Waals surface area contributed by atoms with Gasteiger partial charge in [0.25, 0.3) is 5.56 Å². The monoisotopic (exact) mass is 378 g/mol. The van der Waals surface area contributed by atoms with Crippen LogP contribution in [0.1, 0.15) is 36.3 Å². The Kier molecular flexibility index (Phi) is 6.68. The Hall–Kier alpha value is -2.48. The summed E-state index contributed by atoms with van der Waals surface area (Å²) >= 11 is 1.17. The Labute approximate surface area is 154 Å². The SMILES string of the molecule is CCOC(=O)CCSc1c(C)c(C(C)=O)nn(-c2ccc(F)cc2)c1=O. The molecule has 2 aromatic rings. The van der Waals surface area contributed by atoms with Gasteiger partial charge in [-0.1, -0.05) is 0 Å². The maximum atomic E-state index is 13.1. The van der Waals surface area contributed by atoms with Crippen LogP contribution in [0.3, 0.4) is 0 Å². The lowest BCUT2D eigenvalue weighted by Crippen LogP contribution is -2.27. The van der Waals surface area contributed by atoms with E-state index in [1.165, 1.54) is 43.0 Å². The summed E-state index contributed by atoms with van der Waals surface area (Å²) in [5, 5.41) is 4.13. The fraction of sp³-hybridized carbons (Fsp3) is 0.333. The second-order valence-electron chi connectivity index (χ2n) is 5.46. The number of thioether (sulfide) groups is 1. The molecule has 0 bridgehead atoms. The molecule has 0 aliphatic heterocycles. The second-order valence-corrected chi connectivity index (χ2v) is 6.56. The molecule has 0 unspecified atom stereocenters. The van der Waals surface area contributed by atoms with Gasteiger partial charge in [0, 0.05) is 12.7 Å². The number of rotatable bonds is 7. The highest BCUT2D eigenvalue weighted by Crippen LogP contribution is 2.22. The summed E-state index contributed by atoms with van der Waals surface area (Å²) in [5.74, 6) is -0.743. The minimum atomic E-state index is -0.440. The zero-order chi connectivity index (χ0) is 19.3. The average molecular weight is 378 g/mol. The lowest BCUT2D eigenvalue weighted by molar-refractivity contribution is -0.142. The van der Waals surface area contributed by atoms with Gasteiger partial charge in [0.05, 0.1) is 23.6 Å². The standard InChI is InChI=1S/C18H19FN2O4S/c1-4-25-15(23)9-10-26-17-11(2)16(12(3)22)20-21(18(17)24)14-7-5-13(19)6-8-14/h5-8H,4,9-10H2,1-3H3. The number of ketones is 1. The van der Waals surface area contributed by atoms with E-state index >= 15 is 0 Å². The molecule has 0 fully saturated rings. The second kappa shape index (κ2) is 8.75. The van der Waals surface area contributed by atoms with E-state index in [0.29, 0.717) is 28.5 Å². The van der Waals surface area contributed by atoms with Crippen LogP contribution in [-0.4, -0.2) is 33.9 Å². The Morgan fingerprint density at radius 3 is 2.50 bits per heavy atom. The van der Waals surface area contributed by atoms with Gasteiger partial charge in [-0.15, -0.1) is 11.8 Å². The first kappa shape index (κ1) is 19.8. The number of esters is 1. The van der Waals surface area contributed by atoms with Crippen LogP contribution in [0.5, 0.6) is 0 Å². The van der Waals surface area contributed by atoms with Crippen LogP contribution >= 0.6 is 11.8 Å². The minimum Gasteiger partial charge on any atom is -0.466 e. The molecule has 1 aromatic heterocycles. The van der Waals surface area contributed by atoms with Crippen molar-refractivity contribution in [3.63, 3.8) is 0 Å². The van der Waals surface area contributed by atoms with Crippen molar-refractivity contribution < 1.29 is 18.7 Å². The fourth-order valence-corrected chi connectivity index (χ4v) is 3.31. The highest BCUT2D eigenvalue weighted by atomic mass is 32.2. The van der Waals surface area contributed by atoms with Crippen molar-refractivity contribution in [1.29, 1.82) is 0 Å². The molecule has 2 rings (SSSR count). The van der Waals surface area contributed by atoms with Gasteiger partial charge in [-0.25, -0.2) is 4.39 Å². The molecule has 8 heteroatoms. The van der Waals surface area contributed by atoms with E-state index in [-0.39, 0.29) is 23.9 Å². The van der Waals surface area contributed by atoms with Gasteiger partial charge in [-0.2, -0.15) is 9.78 Å². The molecule has 0 saturated heterocycles. The van der Waals surface area contributed by atoms with Gasteiger partial charge in [0.15, 0.2) is 5.78 Å². The van der Waals surface area contributed by atoms with Crippen LogP contribution in [0, 0.1) is 12.7 Å². The number of ether oxygens (including phenoxy) is 1. The van der Waals surface area contributed by atoms with Gasteiger partial charge in [0.1, 0.15) is 11.5 Å². The maximum absolute atomic E-state index is 13.1. The first-order valence-corrected chi connectivity index (χ1v) is 9.03. The van der Waals surface area contributed by atoms with E-state index in [1.807, 2.05) is 0 Å². The lowest BCUT2D eigenvalue weighted by Gasteiger charge is -2.12. The van der Waals surface area contributed by atoms with Gasteiger partial charge in [0.2, 0.25) is 0 Å². The number of hydrogen-bond acceptors (Lipinski definition) is 6. The molecule has 0 atom stereocenters. The quantitative estimate of drug-likeness (QED) is 0.419. The summed E-state index contributed by atoms with van der Waals surface area (Å²) < 4.78 is 19.1. The van der Waals surface area contributed by atoms with E-state index in [9.17, 15) is 18.8 Å². The summed E-state index contributed by atoms with van der Waals surface area (Å²) in [6, 6.07) is 5.25. The summed E-state index contributed by atoms with van der Waals surface area (Å²) in [6.07, 6.45) is 0.145. The number of carbonyl (C=O) groups is 2. The minimum absolute atomic E-state index is 0.145. The molecule has 0 aliphatic carbocycles. The molecular formula is C18H19FN2O4S. The van der Waals surface area contributed by atoms with E-state index in [0.717, 1.165) is 4.68 Å². The topological polar surface area (TPSA) is 78.3 Å². The van der Waals surface area contributed by atoms with Crippen molar-refractivity contribution in [1.82, 2.24) is 9.78 Å². The third-order valence-corrected chi connectivity index (χ3v) is 4.72. The van der Waals surface area contributed by atoms with Crippen molar-refractivity contribution in [2.45, 2.75) is 32.1 Å². The summed E-state index contributed by atoms with van der Waals surface area (Å²) in [4.78, 5) is 36.5. The number of nitrogens with zero attached hydrogens (tertiary/aromatic N) is 2. The van der Waals surface area contributed by atoms with Gasteiger partial charge < -0.3 is 4.74 Å². The largest absolute Gasteiger partial charge is 0.466 e. The van der Waals surface area contributed by atoms with E-state index in [1.54, 1.807) is 13.8 Å². The summed E-state index contributed by atoms with van der Waals surface area (Å²) in [5.41, 5.74) is 0.557. The van der Waals surface area contributed by atoms with Crippen LogP contribution < -0.4 is 5.56 Å². The molecule has 6 nitrogen and oxygen atoms in total. The fourth-order valence-electron chi connectivity index (χ4n) is 2.32. The first-order valence-electron chi connectivity index (χ1n) is 8.04. The highest BCUT2D eigenvalue weighted by molar-refractivity contribution is 7.99. The number of aromatic nitrogens is 2. The summed E-state index contributed by atoms with van der Waals surface area (Å²) in [6.45, 7) is 5.02. The molecule has 0 spiro atoms. The summed E-state index contributed by atoms with van der Waals surface area (Å²) in [7, 11) is 0. The molecular weight excluding hydrogens is 359 g/mol. The van der Waals surface area contributed by atoms with Gasteiger partial charge >= 0.3 is 5.97 Å². The van der Waals surface area contributed by atoms with E-state index < -0.39 is 11.4 Å². The van der Waals surface area contributed by atoms with E-state index in [4.69, 9.17) is 4.74 Å². The normalized spacial score (nSPS) is 10.6. The van der Waals surface area contributed by atoms with Crippen molar-refractivity contribution in [2.75, 3.05) is 12.4 Å². The zero-order valence-corrected chi connectivity index (χ0v) is 15.6. The van der Waals surface area contributed by atoms with Crippen LogP contribution in [0.25, 0.3) is 5.69 Å². The lowest BCUT2D eigenvalue weighted by atomic mass is 10.2. The van der Waals surface area contributed by atoms with Crippen LogP contribution in [0.15, 0.2) is 34.0 Å². The van der Waals surface area contributed by atoms with Crippen molar-refractivity contribution in [3.8, 4) is 5.69 Å². The molecule has 138 valence electrons. The number of Topliss-reactive ketones (excluding diaryl/α,β-unsaturated/α-hetero) is 1. The van der Waals surface area contributed by atoms with Crippen LogP contribution in [-0.2, 0) is 9.53 Å². The van der Waals surface area contributed by atoms with Crippen molar-refractivity contribution in [3.05, 3.63) is 51.7 Å².